The maximum Gasteiger partial charge on any atom is 0.241 e. The van der Waals surface area contributed by atoms with E-state index in [1.54, 1.807) is 0 Å². The van der Waals surface area contributed by atoms with Crippen LogP contribution in [-0.2, 0) is 4.79 Å². The van der Waals surface area contributed by atoms with E-state index in [4.69, 9.17) is 0 Å². The Balaban J connectivity index is 2.15. The van der Waals surface area contributed by atoms with E-state index in [1.165, 1.54) is 19.3 Å². The van der Waals surface area contributed by atoms with Crippen LogP contribution in [0.2, 0.25) is 0 Å². The summed E-state index contributed by atoms with van der Waals surface area (Å²) >= 11 is 0. The second kappa shape index (κ2) is 6.68. The summed E-state index contributed by atoms with van der Waals surface area (Å²) in [6.45, 7) is 11.4. The Hall–Kier alpha value is -0.570. The second-order valence-corrected chi connectivity index (χ2v) is 8.15. The molecular formula is C18H34N2O. The molecule has 2 aliphatic rings. The Morgan fingerprint density at radius 1 is 1.38 bits per heavy atom. The number of unbranched alkanes of at least 4 members (excludes halogenated alkanes) is 1. The minimum absolute atomic E-state index is 0.0603. The van der Waals surface area contributed by atoms with Crippen molar-refractivity contribution in [2.45, 2.75) is 97.8 Å². The van der Waals surface area contributed by atoms with Gasteiger partial charge in [-0.2, -0.15) is 0 Å². The van der Waals surface area contributed by atoms with Crippen LogP contribution in [-0.4, -0.2) is 29.1 Å². The van der Waals surface area contributed by atoms with Crippen LogP contribution in [0.3, 0.4) is 0 Å². The Kier molecular flexibility index (Phi) is 5.34. The molecular weight excluding hydrogens is 260 g/mol. The molecule has 0 aromatic carbocycles. The van der Waals surface area contributed by atoms with Crippen LogP contribution in [0, 0.1) is 11.3 Å². The van der Waals surface area contributed by atoms with E-state index in [0.717, 1.165) is 25.7 Å². The van der Waals surface area contributed by atoms with E-state index in [0.29, 0.717) is 17.9 Å². The molecule has 0 aromatic rings. The van der Waals surface area contributed by atoms with Crippen molar-refractivity contribution < 1.29 is 4.79 Å². The third-order valence-corrected chi connectivity index (χ3v) is 5.36. The minimum Gasteiger partial charge on any atom is -0.322 e. The molecule has 1 aliphatic heterocycles. The molecule has 1 saturated carbocycles. The van der Waals surface area contributed by atoms with Crippen molar-refractivity contribution in [2.24, 2.45) is 11.3 Å². The molecule has 1 heterocycles. The van der Waals surface area contributed by atoms with Crippen molar-refractivity contribution in [2.75, 3.05) is 0 Å². The molecule has 3 nitrogen and oxygen atoms in total. The van der Waals surface area contributed by atoms with Gasteiger partial charge in [0.05, 0.1) is 12.2 Å². The van der Waals surface area contributed by atoms with Crippen LogP contribution in [0.5, 0.6) is 0 Å². The van der Waals surface area contributed by atoms with Gasteiger partial charge >= 0.3 is 0 Å². The molecule has 3 atom stereocenters. The zero-order valence-corrected chi connectivity index (χ0v) is 14.6. The first-order chi connectivity index (χ1) is 9.86. The summed E-state index contributed by atoms with van der Waals surface area (Å²) in [5.41, 5.74) is 0.270. The first-order valence-corrected chi connectivity index (χ1v) is 8.95. The number of nitrogens with zero attached hydrogens (tertiary/aromatic N) is 1. The predicted molar refractivity (Wildman–Crippen MR) is 88.0 cm³/mol. The number of nitrogens with one attached hydrogen (secondary N) is 1. The van der Waals surface area contributed by atoms with Gasteiger partial charge < -0.3 is 4.90 Å². The van der Waals surface area contributed by atoms with Gasteiger partial charge in [-0.1, -0.05) is 53.9 Å². The predicted octanol–water partition coefficient (Wildman–Crippen LogP) is 3.93. The summed E-state index contributed by atoms with van der Waals surface area (Å²) < 4.78 is 0. The van der Waals surface area contributed by atoms with Crippen molar-refractivity contribution in [3.8, 4) is 0 Å². The second-order valence-electron chi connectivity index (χ2n) is 8.15. The van der Waals surface area contributed by atoms with Crippen LogP contribution in [0.4, 0.5) is 0 Å². The summed E-state index contributed by atoms with van der Waals surface area (Å²) in [6.07, 6.45) is 8.30. The van der Waals surface area contributed by atoms with Gasteiger partial charge in [0, 0.05) is 6.04 Å². The molecule has 1 amide bonds. The average Bonchev–Trinajstić information content (AvgIpc) is 2.86. The molecule has 122 valence electrons. The van der Waals surface area contributed by atoms with Gasteiger partial charge in [0.15, 0.2) is 0 Å². The highest BCUT2D eigenvalue weighted by Gasteiger charge is 2.48. The molecule has 0 bridgehead atoms. The maximum atomic E-state index is 12.9. The van der Waals surface area contributed by atoms with E-state index >= 15 is 0 Å². The van der Waals surface area contributed by atoms with Crippen LogP contribution < -0.4 is 5.32 Å². The molecule has 21 heavy (non-hydrogen) atoms. The van der Waals surface area contributed by atoms with Gasteiger partial charge in [-0.15, -0.1) is 0 Å². The Morgan fingerprint density at radius 3 is 2.62 bits per heavy atom. The standard InChI is InChI=1S/C18H34N2O/c1-6-7-9-14-17(21)20(16(19-14)12-13(2)3)15-10-8-11-18(15,4)5/h13-16,19H,6-12H2,1-5H3. The van der Waals surface area contributed by atoms with E-state index in [-0.39, 0.29) is 17.6 Å². The molecule has 3 unspecified atom stereocenters. The molecule has 0 spiro atoms. The van der Waals surface area contributed by atoms with Gasteiger partial charge in [0.1, 0.15) is 0 Å². The topological polar surface area (TPSA) is 32.3 Å². The Morgan fingerprint density at radius 2 is 2.10 bits per heavy atom. The molecule has 0 aromatic heterocycles. The lowest BCUT2D eigenvalue weighted by Gasteiger charge is -2.39. The minimum atomic E-state index is 0.0603. The van der Waals surface area contributed by atoms with E-state index < -0.39 is 0 Å². The zero-order valence-electron chi connectivity index (χ0n) is 14.6. The number of carbonyl (C=O) groups excluding carboxylic acids is 1. The number of hydrogen-bond donors (Lipinski definition) is 1. The first-order valence-electron chi connectivity index (χ1n) is 8.95. The first kappa shape index (κ1) is 16.8. The molecule has 1 N–H and O–H groups in total. The molecule has 3 heteroatoms. The summed E-state index contributed by atoms with van der Waals surface area (Å²) in [7, 11) is 0. The number of carbonyl (C=O) groups is 1. The van der Waals surface area contributed by atoms with Gasteiger partial charge in [-0.05, 0) is 37.0 Å². The monoisotopic (exact) mass is 294 g/mol. The smallest absolute Gasteiger partial charge is 0.241 e. The van der Waals surface area contributed by atoms with E-state index in [2.05, 4.69) is 44.8 Å². The van der Waals surface area contributed by atoms with Crippen molar-refractivity contribution in [3.63, 3.8) is 0 Å². The normalized spacial score (nSPS) is 32.4. The molecule has 1 saturated heterocycles. The Bertz CT molecular complexity index is 364. The SMILES string of the molecule is CCCCC1NC(CC(C)C)N(C2CCCC2(C)C)C1=O. The molecule has 0 radical (unpaired) electrons. The third kappa shape index (κ3) is 3.61. The quantitative estimate of drug-likeness (QED) is 0.805. The number of hydrogen-bond acceptors (Lipinski definition) is 2. The highest BCUT2D eigenvalue weighted by molar-refractivity contribution is 5.84. The summed E-state index contributed by atoms with van der Waals surface area (Å²) in [6, 6.07) is 0.484. The van der Waals surface area contributed by atoms with E-state index in [9.17, 15) is 4.79 Å². The average molecular weight is 294 g/mol. The lowest BCUT2D eigenvalue weighted by atomic mass is 9.86. The van der Waals surface area contributed by atoms with Gasteiger partial charge in [0.2, 0.25) is 5.91 Å². The lowest BCUT2D eigenvalue weighted by Crippen LogP contribution is -2.49. The molecule has 2 rings (SSSR count). The summed E-state index contributed by atoms with van der Waals surface area (Å²) in [4.78, 5) is 15.2. The fraction of sp³-hybridized carbons (Fsp3) is 0.944. The van der Waals surface area contributed by atoms with Gasteiger partial charge in [-0.3, -0.25) is 10.1 Å². The van der Waals surface area contributed by atoms with Gasteiger partial charge in [0.25, 0.3) is 0 Å². The lowest BCUT2D eigenvalue weighted by molar-refractivity contribution is -0.134. The Labute approximate surface area is 130 Å². The van der Waals surface area contributed by atoms with Crippen LogP contribution in [0.1, 0.15) is 79.6 Å². The number of amides is 1. The van der Waals surface area contributed by atoms with Crippen LogP contribution in [0.15, 0.2) is 0 Å². The largest absolute Gasteiger partial charge is 0.322 e. The van der Waals surface area contributed by atoms with Crippen LogP contribution >= 0.6 is 0 Å². The molecule has 1 aliphatic carbocycles. The van der Waals surface area contributed by atoms with E-state index in [1.807, 2.05) is 0 Å². The fourth-order valence-electron chi connectivity index (χ4n) is 4.16. The molecule has 2 fully saturated rings. The van der Waals surface area contributed by atoms with Gasteiger partial charge in [-0.25, -0.2) is 0 Å². The summed E-state index contributed by atoms with van der Waals surface area (Å²) in [5, 5.41) is 3.65. The zero-order chi connectivity index (χ0) is 15.6. The summed E-state index contributed by atoms with van der Waals surface area (Å²) in [5.74, 6) is 0.987. The third-order valence-electron chi connectivity index (χ3n) is 5.36. The van der Waals surface area contributed by atoms with Crippen molar-refractivity contribution >= 4 is 5.91 Å². The number of rotatable bonds is 6. The fourth-order valence-corrected chi connectivity index (χ4v) is 4.16. The maximum absolute atomic E-state index is 12.9. The van der Waals surface area contributed by atoms with Crippen LogP contribution in [0.25, 0.3) is 0 Å². The highest BCUT2D eigenvalue weighted by atomic mass is 16.2. The van der Waals surface area contributed by atoms with Crippen molar-refractivity contribution in [3.05, 3.63) is 0 Å². The highest BCUT2D eigenvalue weighted by Crippen LogP contribution is 2.43. The van der Waals surface area contributed by atoms with Crippen molar-refractivity contribution in [1.29, 1.82) is 0 Å². The van der Waals surface area contributed by atoms with Crippen molar-refractivity contribution in [1.82, 2.24) is 10.2 Å².